The number of fused-ring (bicyclic) bond motifs is 1. The van der Waals surface area contributed by atoms with E-state index in [9.17, 15) is 9.59 Å². The van der Waals surface area contributed by atoms with E-state index in [4.69, 9.17) is 9.47 Å². The van der Waals surface area contributed by atoms with E-state index in [0.717, 1.165) is 0 Å². The number of benzene rings is 1. The third-order valence-corrected chi connectivity index (χ3v) is 2.98. The van der Waals surface area contributed by atoms with Gasteiger partial charge in [0.15, 0.2) is 0 Å². The SMILES string of the molecule is COc1ccc(OC)c2c1n(C)c(=O)c(=O)n2C. The summed E-state index contributed by atoms with van der Waals surface area (Å²) in [6.07, 6.45) is 0. The highest BCUT2D eigenvalue weighted by Crippen LogP contribution is 2.30. The molecule has 0 aliphatic carbocycles. The van der Waals surface area contributed by atoms with Crippen LogP contribution in [0.4, 0.5) is 0 Å². The molecule has 0 radical (unpaired) electrons. The van der Waals surface area contributed by atoms with Gasteiger partial charge in [0, 0.05) is 14.1 Å². The van der Waals surface area contributed by atoms with E-state index in [-0.39, 0.29) is 0 Å². The van der Waals surface area contributed by atoms with Crippen LogP contribution in [0.15, 0.2) is 21.7 Å². The summed E-state index contributed by atoms with van der Waals surface area (Å²) in [5.41, 5.74) is -0.138. The van der Waals surface area contributed by atoms with Crippen LogP contribution in [0.25, 0.3) is 11.0 Å². The number of rotatable bonds is 2. The molecule has 1 aromatic carbocycles. The van der Waals surface area contributed by atoms with Crippen LogP contribution in [0.3, 0.4) is 0 Å². The van der Waals surface area contributed by atoms with E-state index in [1.807, 2.05) is 0 Å². The Hall–Kier alpha value is -2.24. The first-order chi connectivity index (χ1) is 8.52. The minimum absolute atomic E-state index is 0.515. The van der Waals surface area contributed by atoms with Crippen molar-refractivity contribution in [3.8, 4) is 11.5 Å². The van der Waals surface area contributed by atoms with Crippen LogP contribution < -0.4 is 20.6 Å². The van der Waals surface area contributed by atoms with E-state index >= 15 is 0 Å². The Balaban J connectivity index is 3.17. The molecule has 0 bridgehead atoms. The summed E-state index contributed by atoms with van der Waals surface area (Å²) >= 11 is 0. The molecular formula is C12H14N2O4. The number of nitrogens with zero attached hydrogens (tertiary/aromatic N) is 2. The number of aryl methyl sites for hydroxylation is 2. The molecule has 0 amide bonds. The van der Waals surface area contributed by atoms with Crippen LogP contribution in [0.1, 0.15) is 0 Å². The summed E-state index contributed by atoms with van der Waals surface area (Å²) in [7, 11) is 6.09. The summed E-state index contributed by atoms with van der Waals surface area (Å²) in [5.74, 6) is 1.03. The molecule has 96 valence electrons. The van der Waals surface area contributed by atoms with E-state index in [1.54, 1.807) is 12.1 Å². The largest absolute Gasteiger partial charge is 0.494 e. The van der Waals surface area contributed by atoms with Gasteiger partial charge < -0.3 is 18.6 Å². The van der Waals surface area contributed by atoms with Crippen molar-refractivity contribution in [2.45, 2.75) is 0 Å². The molecule has 0 unspecified atom stereocenters. The third kappa shape index (κ3) is 1.49. The van der Waals surface area contributed by atoms with Gasteiger partial charge in [-0.2, -0.15) is 0 Å². The number of ether oxygens (including phenoxy) is 2. The molecule has 6 heteroatoms. The molecule has 2 rings (SSSR count). The van der Waals surface area contributed by atoms with Crippen LogP contribution >= 0.6 is 0 Å². The molecule has 0 atom stereocenters. The van der Waals surface area contributed by atoms with Gasteiger partial charge in [-0.15, -0.1) is 0 Å². The molecule has 0 N–H and O–H groups in total. The molecule has 0 saturated heterocycles. The molecule has 1 aromatic heterocycles. The van der Waals surface area contributed by atoms with Crippen molar-refractivity contribution in [1.29, 1.82) is 0 Å². The van der Waals surface area contributed by atoms with Crippen molar-refractivity contribution < 1.29 is 9.47 Å². The zero-order chi connectivity index (χ0) is 13.4. The van der Waals surface area contributed by atoms with E-state index in [0.29, 0.717) is 22.5 Å². The Labute approximate surface area is 103 Å². The van der Waals surface area contributed by atoms with Crippen LogP contribution in [-0.4, -0.2) is 23.4 Å². The molecule has 0 aliphatic heterocycles. The maximum atomic E-state index is 11.8. The molecule has 18 heavy (non-hydrogen) atoms. The first-order valence-corrected chi connectivity index (χ1v) is 5.33. The van der Waals surface area contributed by atoms with Gasteiger partial charge in [-0.25, -0.2) is 0 Å². The fourth-order valence-electron chi connectivity index (χ4n) is 2.01. The Morgan fingerprint density at radius 2 is 1.17 bits per heavy atom. The van der Waals surface area contributed by atoms with Crippen molar-refractivity contribution in [2.75, 3.05) is 14.2 Å². The lowest BCUT2D eigenvalue weighted by molar-refractivity contribution is 0.406. The normalized spacial score (nSPS) is 10.7. The number of hydrogen-bond donors (Lipinski definition) is 0. The zero-order valence-electron chi connectivity index (χ0n) is 10.7. The average molecular weight is 250 g/mol. The molecular weight excluding hydrogens is 236 g/mol. The standard InChI is InChI=1S/C12H14N2O4/c1-13-9-7(17-3)5-6-8(18-4)10(9)14(2)12(16)11(13)15/h5-6H,1-4H3. The topological polar surface area (TPSA) is 62.5 Å². The summed E-state index contributed by atoms with van der Waals surface area (Å²) < 4.78 is 13.0. The average Bonchev–Trinajstić information content (AvgIpc) is 2.40. The predicted molar refractivity (Wildman–Crippen MR) is 67.5 cm³/mol. The predicted octanol–water partition coefficient (Wildman–Crippen LogP) is 0.254. The molecule has 1 heterocycles. The quantitative estimate of drug-likeness (QED) is 0.717. The fourth-order valence-corrected chi connectivity index (χ4v) is 2.01. The second-order valence-corrected chi connectivity index (χ2v) is 3.90. The van der Waals surface area contributed by atoms with E-state index < -0.39 is 11.1 Å². The lowest BCUT2D eigenvalue weighted by Crippen LogP contribution is -2.39. The molecule has 0 saturated carbocycles. The number of hydrogen-bond acceptors (Lipinski definition) is 4. The minimum Gasteiger partial charge on any atom is -0.494 e. The number of aromatic nitrogens is 2. The van der Waals surface area contributed by atoms with Crippen LogP contribution in [0, 0.1) is 0 Å². The molecule has 6 nitrogen and oxygen atoms in total. The van der Waals surface area contributed by atoms with E-state index in [1.165, 1.54) is 37.4 Å². The van der Waals surface area contributed by atoms with Gasteiger partial charge >= 0.3 is 11.1 Å². The van der Waals surface area contributed by atoms with Gasteiger partial charge in [0.1, 0.15) is 22.5 Å². The van der Waals surface area contributed by atoms with Crippen molar-refractivity contribution in [2.24, 2.45) is 14.1 Å². The summed E-state index contributed by atoms with van der Waals surface area (Å²) in [4.78, 5) is 23.6. The first kappa shape index (κ1) is 12.2. The van der Waals surface area contributed by atoms with Gasteiger partial charge in [0.05, 0.1) is 14.2 Å². The zero-order valence-corrected chi connectivity index (χ0v) is 10.7. The smallest absolute Gasteiger partial charge is 0.316 e. The van der Waals surface area contributed by atoms with Gasteiger partial charge in [0.2, 0.25) is 0 Å². The highest BCUT2D eigenvalue weighted by Gasteiger charge is 2.16. The Bertz CT molecular complexity index is 665. The van der Waals surface area contributed by atoms with Crippen molar-refractivity contribution in [3.05, 3.63) is 32.8 Å². The summed E-state index contributed by atoms with van der Waals surface area (Å²) in [6, 6.07) is 3.40. The maximum absolute atomic E-state index is 11.8. The lowest BCUT2D eigenvalue weighted by atomic mass is 10.2. The summed E-state index contributed by atoms with van der Waals surface area (Å²) in [6.45, 7) is 0. The maximum Gasteiger partial charge on any atom is 0.316 e. The highest BCUT2D eigenvalue weighted by atomic mass is 16.5. The van der Waals surface area contributed by atoms with Crippen LogP contribution in [0.2, 0.25) is 0 Å². The first-order valence-electron chi connectivity index (χ1n) is 5.33. The van der Waals surface area contributed by atoms with Crippen LogP contribution in [0.5, 0.6) is 11.5 Å². The lowest BCUT2D eigenvalue weighted by Gasteiger charge is -2.14. The Morgan fingerprint density at radius 1 is 0.833 bits per heavy atom. The van der Waals surface area contributed by atoms with Gasteiger partial charge in [-0.1, -0.05) is 0 Å². The summed E-state index contributed by atoms with van der Waals surface area (Å²) in [5, 5.41) is 0. The minimum atomic E-state index is -0.600. The number of methoxy groups -OCH3 is 2. The van der Waals surface area contributed by atoms with Gasteiger partial charge in [-0.05, 0) is 12.1 Å². The molecule has 0 spiro atoms. The molecule has 0 aliphatic rings. The Morgan fingerprint density at radius 3 is 1.44 bits per heavy atom. The van der Waals surface area contributed by atoms with Gasteiger partial charge in [0.25, 0.3) is 0 Å². The fraction of sp³-hybridized carbons (Fsp3) is 0.333. The highest BCUT2D eigenvalue weighted by molar-refractivity contribution is 5.87. The van der Waals surface area contributed by atoms with Crippen molar-refractivity contribution in [1.82, 2.24) is 9.13 Å². The molecule has 0 fully saturated rings. The Kier molecular flexibility index (Phi) is 2.86. The molecule has 2 aromatic rings. The van der Waals surface area contributed by atoms with E-state index in [2.05, 4.69) is 0 Å². The second-order valence-electron chi connectivity index (χ2n) is 3.90. The second kappa shape index (κ2) is 4.21. The van der Waals surface area contributed by atoms with Crippen LogP contribution in [-0.2, 0) is 14.1 Å². The van der Waals surface area contributed by atoms with Gasteiger partial charge in [-0.3, -0.25) is 9.59 Å². The monoisotopic (exact) mass is 250 g/mol. The third-order valence-electron chi connectivity index (χ3n) is 2.98. The van der Waals surface area contributed by atoms with Crippen molar-refractivity contribution in [3.63, 3.8) is 0 Å². The van der Waals surface area contributed by atoms with Crippen molar-refractivity contribution >= 4 is 11.0 Å².